The molecule has 21 heavy (non-hydrogen) atoms. The van der Waals surface area contributed by atoms with Gasteiger partial charge in [0.15, 0.2) is 0 Å². The van der Waals surface area contributed by atoms with Gasteiger partial charge in [0, 0.05) is 5.69 Å². The molecule has 106 valence electrons. The lowest BCUT2D eigenvalue weighted by Gasteiger charge is -2.10. The second-order valence-electron chi connectivity index (χ2n) is 4.42. The first-order valence-corrected chi connectivity index (χ1v) is 6.36. The SMILES string of the molecule is COc1ccc(NC(=O)Nc2cccc(C)c2C#N)cc1. The third-order valence-electron chi connectivity index (χ3n) is 2.98. The standard InChI is InChI=1S/C16H15N3O2/c1-11-4-3-5-15(14(11)10-17)19-16(20)18-12-6-8-13(21-2)9-7-12/h3-9H,1-2H3,(H2,18,19,20). The molecule has 0 saturated heterocycles. The van der Waals surface area contributed by atoms with Crippen molar-refractivity contribution in [2.45, 2.75) is 6.92 Å². The highest BCUT2D eigenvalue weighted by Crippen LogP contribution is 2.19. The lowest BCUT2D eigenvalue weighted by molar-refractivity contribution is 0.262. The van der Waals surface area contributed by atoms with Crippen molar-refractivity contribution in [3.8, 4) is 11.8 Å². The molecule has 0 aliphatic heterocycles. The summed E-state index contributed by atoms with van der Waals surface area (Å²) in [6.07, 6.45) is 0. The first-order valence-electron chi connectivity index (χ1n) is 6.36. The van der Waals surface area contributed by atoms with E-state index in [1.165, 1.54) is 0 Å². The number of hydrogen-bond acceptors (Lipinski definition) is 3. The third-order valence-corrected chi connectivity index (χ3v) is 2.98. The number of nitriles is 1. The maximum absolute atomic E-state index is 12.0. The second kappa shape index (κ2) is 6.44. The van der Waals surface area contributed by atoms with Gasteiger partial charge in [-0.1, -0.05) is 12.1 Å². The number of carbonyl (C=O) groups excluding carboxylic acids is 1. The Hall–Kier alpha value is -3.00. The number of urea groups is 1. The zero-order valence-corrected chi connectivity index (χ0v) is 11.8. The molecule has 5 nitrogen and oxygen atoms in total. The Kier molecular flexibility index (Phi) is 4.42. The van der Waals surface area contributed by atoms with Gasteiger partial charge >= 0.3 is 6.03 Å². The zero-order chi connectivity index (χ0) is 15.2. The molecule has 2 N–H and O–H groups in total. The van der Waals surface area contributed by atoms with Gasteiger partial charge in [-0.3, -0.25) is 0 Å². The first kappa shape index (κ1) is 14.4. The normalized spacial score (nSPS) is 9.57. The number of amides is 2. The third kappa shape index (κ3) is 3.51. The monoisotopic (exact) mass is 281 g/mol. The number of nitrogens with zero attached hydrogens (tertiary/aromatic N) is 1. The maximum Gasteiger partial charge on any atom is 0.323 e. The van der Waals surface area contributed by atoms with Crippen LogP contribution in [0, 0.1) is 18.3 Å². The number of aryl methyl sites for hydroxylation is 1. The molecule has 0 atom stereocenters. The lowest BCUT2D eigenvalue weighted by atomic mass is 10.1. The van der Waals surface area contributed by atoms with Gasteiger partial charge in [0.2, 0.25) is 0 Å². The summed E-state index contributed by atoms with van der Waals surface area (Å²) in [5.74, 6) is 0.714. The van der Waals surface area contributed by atoms with E-state index in [4.69, 9.17) is 10.00 Å². The minimum Gasteiger partial charge on any atom is -0.497 e. The van der Waals surface area contributed by atoms with Crippen LogP contribution in [-0.2, 0) is 0 Å². The number of methoxy groups -OCH3 is 1. The van der Waals surface area contributed by atoms with Crippen LogP contribution in [-0.4, -0.2) is 13.1 Å². The quantitative estimate of drug-likeness (QED) is 0.904. The maximum atomic E-state index is 12.0. The van der Waals surface area contributed by atoms with Crippen LogP contribution in [0.25, 0.3) is 0 Å². The van der Waals surface area contributed by atoms with E-state index < -0.39 is 6.03 Å². The van der Waals surface area contributed by atoms with Crippen molar-refractivity contribution < 1.29 is 9.53 Å². The summed E-state index contributed by atoms with van der Waals surface area (Å²) < 4.78 is 5.05. The fraction of sp³-hybridized carbons (Fsp3) is 0.125. The molecule has 0 fully saturated rings. The van der Waals surface area contributed by atoms with E-state index in [1.54, 1.807) is 43.5 Å². The number of nitrogens with one attached hydrogen (secondary N) is 2. The van der Waals surface area contributed by atoms with Gasteiger partial charge in [0.05, 0.1) is 18.4 Å². The molecular weight excluding hydrogens is 266 g/mol. The molecule has 2 aromatic rings. The minimum atomic E-state index is -0.401. The summed E-state index contributed by atoms with van der Waals surface area (Å²) in [5, 5.41) is 14.5. The van der Waals surface area contributed by atoms with Crippen molar-refractivity contribution in [2.24, 2.45) is 0 Å². The Morgan fingerprint density at radius 3 is 2.48 bits per heavy atom. The predicted octanol–water partition coefficient (Wildman–Crippen LogP) is 3.52. The molecule has 0 heterocycles. The lowest BCUT2D eigenvalue weighted by Crippen LogP contribution is -2.20. The van der Waals surface area contributed by atoms with Gasteiger partial charge in [0.1, 0.15) is 11.8 Å². The molecular formula is C16H15N3O2. The van der Waals surface area contributed by atoms with Gasteiger partial charge < -0.3 is 15.4 Å². The molecule has 0 bridgehead atoms. The van der Waals surface area contributed by atoms with Crippen molar-refractivity contribution in [3.05, 3.63) is 53.6 Å². The highest BCUT2D eigenvalue weighted by molar-refractivity contribution is 6.00. The van der Waals surface area contributed by atoms with E-state index in [2.05, 4.69) is 16.7 Å². The molecule has 0 saturated carbocycles. The molecule has 0 aromatic heterocycles. The van der Waals surface area contributed by atoms with E-state index >= 15 is 0 Å². The molecule has 2 amide bonds. The van der Waals surface area contributed by atoms with Crippen LogP contribution in [0.15, 0.2) is 42.5 Å². The molecule has 0 aliphatic carbocycles. The number of benzene rings is 2. The number of ether oxygens (including phenoxy) is 1. The predicted molar refractivity (Wildman–Crippen MR) is 81.5 cm³/mol. The Morgan fingerprint density at radius 2 is 1.86 bits per heavy atom. The van der Waals surface area contributed by atoms with Crippen LogP contribution in [0.3, 0.4) is 0 Å². The fourth-order valence-electron chi connectivity index (χ4n) is 1.88. The Bertz CT molecular complexity index is 688. The average Bonchev–Trinajstić information content (AvgIpc) is 2.48. The van der Waals surface area contributed by atoms with Gasteiger partial charge in [0.25, 0.3) is 0 Å². The number of hydrogen-bond donors (Lipinski definition) is 2. The smallest absolute Gasteiger partial charge is 0.323 e. The highest BCUT2D eigenvalue weighted by Gasteiger charge is 2.08. The molecule has 0 unspecified atom stereocenters. The molecule has 0 aliphatic rings. The molecule has 0 spiro atoms. The van der Waals surface area contributed by atoms with E-state index in [0.717, 1.165) is 5.56 Å². The van der Waals surface area contributed by atoms with E-state index in [9.17, 15) is 4.79 Å². The van der Waals surface area contributed by atoms with Crippen LogP contribution < -0.4 is 15.4 Å². The summed E-state index contributed by atoms with van der Waals surface area (Å²) >= 11 is 0. The van der Waals surface area contributed by atoms with Crippen molar-refractivity contribution in [3.63, 3.8) is 0 Å². The van der Waals surface area contributed by atoms with E-state index in [1.807, 2.05) is 13.0 Å². The van der Waals surface area contributed by atoms with E-state index in [0.29, 0.717) is 22.7 Å². The number of carbonyl (C=O) groups is 1. The number of rotatable bonds is 3. The molecule has 0 radical (unpaired) electrons. The summed E-state index contributed by atoms with van der Waals surface area (Å²) in [5.41, 5.74) is 2.41. The van der Waals surface area contributed by atoms with Crippen LogP contribution in [0.2, 0.25) is 0 Å². The van der Waals surface area contributed by atoms with Crippen molar-refractivity contribution >= 4 is 17.4 Å². The van der Waals surface area contributed by atoms with Crippen LogP contribution >= 0.6 is 0 Å². The summed E-state index contributed by atoms with van der Waals surface area (Å²) in [6, 6.07) is 14.0. The minimum absolute atomic E-state index is 0.401. The average molecular weight is 281 g/mol. The summed E-state index contributed by atoms with van der Waals surface area (Å²) in [6.45, 7) is 1.82. The van der Waals surface area contributed by atoms with Gasteiger partial charge in [-0.2, -0.15) is 5.26 Å². The molecule has 5 heteroatoms. The number of anilines is 2. The fourth-order valence-corrected chi connectivity index (χ4v) is 1.88. The Labute approximate surface area is 123 Å². The van der Waals surface area contributed by atoms with Crippen LogP contribution in [0.5, 0.6) is 5.75 Å². The van der Waals surface area contributed by atoms with Crippen molar-refractivity contribution in [1.29, 1.82) is 5.26 Å². The molecule has 2 aromatic carbocycles. The Morgan fingerprint density at radius 1 is 1.14 bits per heavy atom. The van der Waals surface area contributed by atoms with Crippen molar-refractivity contribution in [2.75, 3.05) is 17.7 Å². The van der Waals surface area contributed by atoms with E-state index in [-0.39, 0.29) is 0 Å². The van der Waals surface area contributed by atoms with Crippen LogP contribution in [0.4, 0.5) is 16.2 Å². The summed E-state index contributed by atoms with van der Waals surface area (Å²) in [7, 11) is 1.58. The topological polar surface area (TPSA) is 74.2 Å². The van der Waals surface area contributed by atoms with Gasteiger partial charge in [-0.05, 0) is 42.8 Å². The van der Waals surface area contributed by atoms with Gasteiger partial charge in [-0.25, -0.2) is 4.79 Å². The highest BCUT2D eigenvalue weighted by atomic mass is 16.5. The second-order valence-corrected chi connectivity index (χ2v) is 4.42. The summed E-state index contributed by atoms with van der Waals surface area (Å²) in [4.78, 5) is 12.0. The van der Waals surface area contributed by atoms with Crippen LogP contribution in [0.1, 0.15) is 11.1 Å². The first-order chi connectivity index (χ1) is 10.1. The van der Waals surface area contributed by atoms with Crippen molar-refractivity contribution in [1.82, 2.24) is 0 Å². The van der Waals surface area contributed by atoms with Gasteiger partial charge in [-0.15, -0.1) is 0 Å². The Balaban J connectivity index is 2.08. The largest absolute Gasteiger partial charge is 0.497 e. The molecule has 2 rings (SSSR count). The zero-order valence-electron chi connectivity index (χ0n) is 11.8.